The van der Waals surface area contributed by atoms with Crippen LogP contribution in [0.5, 0.6) is 0 Å². The van der Waals surface area contributed by atoms with Crippen LogP contribution in [-0.4, -0.2) is 16.4 Å². The fourth-order valence-electron chi connectivity index (χ4n) is 1.07. The van der Waals surface area contributed by atoms with Gasteiger partial charge in [0.1, 0.15) is 0 Å². The van der Waals surface area contributed by atoms with Crippen LogP contribution in [0.15, 0.2) is 24.3 Å². The van der Waals surface area contributed by atoms with E-state index in [0.717, 1.165) is 11.1 Å². The van der Waals surface area contributed by atoms with Crippen LogP contribution in [0, 0.1) is 11.8 Å². The number of aliphatic carboxylic acids is 1. The molecule has 0 bridgehead atoms. The highest BCUT2D eigenvalue weighted by Gasteiger charge is 1.99. The van der Waals surface area contributed by atoms with Crippen molar-refractivity contribution >= 4 is 21.9 Å². The van der Waals surface area contributed by atoms with E-state index in [1.807, 2.05) is 12.1 Å². The summed E-state index contributed by atoms with van der Waals surface area (Å²) >= 11 is 3.20. The summed E-state index contributed by atoms with van der Waals surface area (Å²) in [5.74, 6) is 4.96. The molecule has 0 aliphatic heterocycles. The van der Waals surface area contributed by atoms with Gasteiger partial charge in [-0.1, -0.05) is 39.9 Å². The molecule has 0 atom stereocenters. The fourth-order valence-corrected chi connectivity index (χ4v) is 1.21. The summed E-state index contributed by atoms with van der Waals surface area (Å²) < 4.78 is 0. The van der Waals surface area contributed by atoms with Crippen LogP contribution in [0.2, 0.25) is 0 Å². The number of carboxylic acid groups (broad SMARTS) is 1. The Balaban J connectivity index is 2.84. The Labute approximate surface area is 91.1 Å². The molecule has 0 radical (unpaired) electrons. The van der Waals surface area contributed by atoms with Crippen molar-refractivity contribution in [1.82, 2.24) is 0 Å². The zero-order valence-electron chi connectivity index (χ0n) is 7.46. The van der Waals surface area contributed by atoms with Crippen LogP contribution in [0.1, 0.15) is 11.1 Å². The van der Waals surface area contributed by atoms with Gasteiger partial charge in [-0.3, -0.25) is 4.79 Å². The highest BCUT2D eigenvalue weighted by atomic mass is 79.9. The minimum atomic E-state index is -0.824. The van der Waals surface area contributed by atoms with E-state index < -0.39 is 5.97 Å². The molecule has 2 nitrogen and oxygen atoms in total. The van der Waals surface area contributed by atoms with Gasteiger partial charge < -0.3 is 5.11 Å². The Morgan fingerprint density at radius 3 is 2.93 bits per heavy atom. The van der Waals surface area contributed by atoms with Gasteiger partial charge in [-0.15, -0.1) is 0 Å². The molecule has 0 aliphatic carbocycles. The molecule has 3 heteroatoms. The lowest BCUT2D eigenvalue weighted by molar-refractivity contribution is -0.136. The molecule has 0 aliphatic rings. The van der Waals surface area contributed by atoms with Gasteiger partial charge in [-0.25, -0.2) is 0 Å². The van der Waals surface area contributed by atoms with Gasteiger partial charge in [0.15, 0.2) is 0 Å². The second-order valence-corrected chi connectivity index (χ2v) is 3.27. The van der Waals surface area contributed by atoms with Gasteiger partial charge in [-0.05, 0) is 17.7 Å². The van der Waals surface area contributed by atoms with Crippen LogP contribution in [0.4, 0.5) is 0 Å². The standard InChI is InChI=1S/C11H9BrO2/c12-6-2-5-9-3-1-4-10(7-9)8-11(13)14/h1,3-4,7H,6,8H2,(H,13,14). The van der Waals surface area contributed by atoms with Gasteiger partial charge in [0, 0.05) is 5.56 Å². The predicted octanol–water partition coefficient (Wildman–Crippen LogP) is 2.06. The van der Waals surface area contributed by atoms with Crippen LogP contribution in [0.3, 0.4) is 0 Å². The van der Waals surface area contributed by atoms with Crippen molar-refractivity contribution in [2.75, 3.05) is 5.33 Å². The maximum Gasteiger partial charge on any atom is 0.307 e. The molecule has 14 heavy (non-hydrogen) atoms. The Hall–Kier alpha value is -1.27. The maximum atomic E-state index is 10.5. The third-order valence-electron chi connectivity index (χ3n) is 1.58. The van der Waals surface area contributed by atoms with Crippen molar-refractivity contribution in [3.05, 3.63) is 35.4 Å². The third kappa shape index (κ3) is 3.63. The van der Waals surface area contributed by atoms with Crippen molar-refractivity contribution in [2.45, 2.75) is 6.42 Å². The number of benzene rings is 1. The first kappa shape index (κ1) is 10.8. The Morgan fingerprint density at radius 2 is 2.29 bits per heavy atom. The van der Waals surface area contributed by atoms with E-state index in [2.05, 4.69) is 27.8 Å². The number of carbonyl (C=O) groups is 1. The average Bonchev–Trinajstić information content (AvgIpc) is 2.14. The molecule has 1 rings (SSSR count). The normalized spacial score (nSPS) is 8.93. The molecule has 0 saturated heterocycles. The minimum absolute atomic E-state index is 0.0455. The molecule has 0 saturated carbocycles. The van der Waals surface area contributed by atoms with Crippen molar-refractivity contribution in [1.29, 1.82) is 0 Å². The molecule has 0 heterocycles. The van der Waals surface area contributed by atoms with Crippen molar-refractivity contribution < 1.29 is 9.90 Å². The topological polar surface area (TPSA) is 37.3 Å². The monoisotopic (exact) mass is 252 g/mol. The number of alkyl halides is 1. The van der Waals surface area contributed by atoms with Crippen LogP contribution < -0.4 is 0 Å². The summed E-state index contributed by atoms with van der Waals surface area (Å²) in [5, 5.41) is 9.21. The molecule has 1 N–H and O–H groups in total. The molecule has 1 aromatic rings. The van der Waals surface area contributed by atoms with E-state index in [9.17, 15) is 4.79 Å². The fraction of sp³-hybridized carbons (Fsp3) is 0.182. The lowest BCUT2D eigenvalue weighted by Gasteiger charge is -1.96. The molecule has 0 aromatic heterocycles. The second kappa shape index (κ2) is 5.46. The predicted molar refractivity (Wildman–Crippen MR) is 58.5 cm³/mol. The second-order valence-electron chi connectivity index (χ2n) is 2.71. The van der Waals surface area contributed by atoms with Crippen LogP contribution >= 0.6 is 15.9 Å². The molecular weight excluding hydrogens is 244 g/mol. The van der Waals surface area contributed by atoms with Gasteiger partial charge >= 0.3 is 5.97 Å². The van der Waals surface area contributed by atoms with Crippen molar-refractivity contribution in [2.24, 2.45) is 0 Å². The summed E-state index contributed by atoms with van der Waals surface area (Å²) in [6, 6.07) is 7.26. The molecule has 0 unspecified atom stereocenters. The minimum Gasteiger partial charge on any atom is -0.481 e. The van der Waals surface area contributed by atoms with E-state index >= 15 is 0 Å². The molecule has 0 fully saturated rings. The first-order valence-electron chi connectivity index (χ1n) is 4.08. The zero-order valence-corrected chi connectivity index (χ0v) is 9.04. The third-order valence-corrected chi connectivity index (χ3v) is 1.86. The molecular formula is C11H9BrO2. The zero-order chi connectivity index (χ0) is 10.4. The first-order valence-corrected chi connectivity index (χ1v) is 5.20. The summed E-state index contributed by atoms with van der Waals surface area (Å²) in [4.78, 5) is 10.5. The highest BCUT2D eigenvalue weighted by molar-refractivity contribution is 9.09. The number of halogens is 1. The Morgan fingerprint density at radius 1 is 1.50 bits per heavy atom. The van der Waals surface area contributed by atoms with Gasteiger partial charge in [0.25, 0.3) is 0 Å². The SMILES string of the molecule is O=C(O)Cc1cccc(C#CCBr)c1. The molecule has 0 spiro atoms. The van der Waals surface area contributed by atoms with Crippen molar-refractivity contribution in [3.8, 4) is 11.8 Å². The molecule has 72 valence electrons. The van der Waals surface area contributed by atoms with Gasteiger partial charge in [-0.2, -0.15) is 0 Å². The number of carboxylic acids is 1. The van der Waals surface area contributed by atoms with Crippen LogP contribution in [-0.2, 0) is 11.2 Å². The van der Waals surface area contributed by atoms with Gasteiger partial charge in [0.05, 0.1) is 11.8 Å². The molecule has 0 amide bonds. The van der Waals surface area contributed by atoms with E-state index in [1.54, 1.807) is 12.1 Å². The smallest absolute Gasteiger partial charge is 0.307 e. The lowest BCUT2D eigenvalue weighted by atomic mass is 10.1. The Bertz CT molecular complexity index is 388. The summed E-state index contributed by atoms with van der Waals surface area (Å²) in [6.45, 7) is 0. The number of hydrogen-bond acceptors (Lipinski definition) is 1. The van der Waals surface area contributed by atoms with E-state index in [4.69, 9.17) is 5.11 Å². The maximum absolute atomic E-state index is 10.5. The lowest BCUT2D eigenvalue weighted by Crippen LogP contribution is -1.99. The highest BCUT2D eigenvalue weighted by Crippen LogP contribution is 2.04. The Kier molecular flexibility index (Phi) is 4.21. The quantitative estimate of drug-likeness (QED) is 0.647. The summed E-state index contributed by atoms with van der Waals surface area (Å²) in [5.41, 5.74) is 1.63. The summed E-state index contributed by atoms with van der Waals surface area (Å²) in [6.07, 6.45) is 0.0455. The van der Waals surface area contributed by atoms with Crippen molar-refractivity contribution in [3.63, 3.8) is 0 Å². The first-order chi connectivity index (χ1) is 6.72. The van der Waals surface area contributed by atoms with Gasteiger partial charge in [0.2, 0.25) is 0 Å². The van der Waals surface area contributed by atoms with E-state index in [-0.39, 0.29) is 6.42 Å². The number of rotatable bonds is 2. The summed E-state index contributed by atoms with van der Waals surface area (Å²) in [7, 11) is 0. The van der Waals surface area contributed by atoms with Crippen LogP contribution in [0.25, 0.3) is 0 Å². The van der Waals surface area contributed by atoms with E-state index in [1.165, 1.54) is 0 Å². The number of hydrogen-bond donors (Lipinski definition) is 1. The largest absolute Gasteiger partial charge is 0.481 e. The molecule has 1 aromatic carbocycles. The average molecular weight is 253 g/mol. The van der Waals surface area contributed by atoms with E-state index in [0.29, 0.717) is 5.33 Å².